The van der Waals surface area contributed by atoms with Crippen LogP contribution in [0, 0.1) is 0 Å². The molecule has 0 fully saturated rings. The summed E-state index contributed by atoms with van der Waals surface area (Å²) in [6.45, 7) is 0.620. The number of hydrogen-bond donors (Lipinski definition) is 2. The molecule has 0 saturated carbocycles. The van der Waals surface area contributed by atoms with Crippen molar-refractivity contribution in [3.8, 4) is 11.4 Å². The topological polar surface area (TPSA) is 57.8 Å². The maximum atomic E-state index is 12.7. The molecule has 2 aromatic rings. The second-order valence-corrected chi connectivity index (χ2v) is 6.69. The molecule has 1 unspecified atom stereocenters. The highest BCUT2D eigenvalue weighted by Crippen LogP contribution is 2.32. The molecule has 28 heavy (non-hydrogen) atoms. The Hall–Kier alpha value is -2.36. The number of halogens is 6. The van der Waals surface area contributed by atoms with Crippen molar-refractivity contribution in [2.75, 3.05) is 6.54 Å². The van der Waals surface area contributed by atoms with E-state index >= 15 is 0 Å². The Morgan fingerprint density at radius 2 is 1.75 bits per heavy atom. The first-order chi connectivity index (χ1) is 13.0. The van der Waals surface area contributed by atoms with Gasteiger partial charge < -0.3 is 10.3 Å². The molecule has 0 spiro atoms. The van der Waals surface area contributed by atoms with Crippen LogP contribution in [0.1, 0.15) is 42.0 Å². The van der Waals surface area contributed by atoms with Crippen LogP contribution in [0.2, 0.25) is 0 Å². The van der Waals surface area contributed by atoms with Crippen molar-refractivity contribution in [3.05, 3.63) is 51.4 Å². The minimum absolute atomic E-state index is 0.0974. The first-order valence-electron chi connectivity index (χ1n) is 8.63. The number of aromatic amines is 1. The average Bonchev–Trinajstić information content (AvgIpc) is 2.60. The van der Waals surface area contributed by atoms with E-state index < -0.39 is 29.9 Å². The summed E-state index contributed by atoms with van der Waals surface area (Å²) in [5.74, 6) is -0.276. The molecule has 3 rings (SSSR count). The predicted molar refractivity (Wildman–Crippen MR) is 89.6 cm³/mol. The number of fused-ring (bicyclic) bond motifs is 1. The fourth-order valence-corrected chi connectivity index (χ4v) is 3.23. The monoisotopic (exact) mass is 405 g/mol. The summed E-state index contributed by atoms with van der Waals surface area (Å²) in [4.78, 5) is 19.3. The summed E-state index contributed by atoms with van der Waals surface area (Å²) in [6.07, 6.45) is -9.56. The minimum Gasteiger partial charge on any atom is -0.312 e. The second-order valence-electron chi connectivity index (χ2n) is 6.69. The maximum absolute atomic E-state index is 12.7. The van der Waals surface area contributed by atoms with E-state index in [0.717, 1.165) is 12.1 Å². The van der Waals surface area contributed by atoms with Gasteiger partial charge in [0.2, 0.25) is 0 Å². The van der Waals surface area contributed by atoms with Crippen LogP contribution < -0.4 is 10.9 Å². The van der Waals surface area contributed by atoms with Crippen molar-refractivity contribution in [1.82, 2.24) is 15.3 Å². The van der Waals surface area contributed by atoms with Gasteiger partial charge >= 0.3 is 12.4 Å². The molecule has 0 aliphatic carbocycles. The van der Waals surface area contributed by atoms with Crippen LogP contribution in [0.5, 0.6) is 0 Å². The van der Waals surface area contributed by atoms with E-state index in [1.165, 1.54) is 12.1 Å². The Morgan fingerprint density at radius 1 is 1.07 bits per heavy atom. The van der Waals surface area contributed by atoms with Crippen molar-refractivity contribution >= 4 is 0 Å². The summed E-state index contributed by atoms with van der Waals surface area (Å²) in [6, 6.07) is 4.18. The lowest BCUT2D eigenvalue weighted by Crippen LogP contribution is -2.35. The molecular weight excluding hydrogens is 388 g/mol. The first-order valence-corrected chi connectivity index (χ1v) is 8.63. The van der Waals surface area contributed by atoms with E-state index in [4.69, 9.17) is 0 Å². The molecular formula is C18H17F6N3O. The SMILES string of the molecule is O=c1[nH]c(-c2ccc(C(F)(F)F)cc2)nc2c1CNCC2CCCC(F)(F)F. The molecule has 1 atom stereocenters. The molecule has 0 amide bonds. The molecule has 2 N–H and O–H groups in total. The summed E-state index contributed by atoms with van der Waals surface area (Å²) < 4.78 is 75.3. The van der Waals surface area contributed by atoms with Gasteiger partial charge in [0.05, 0.1) is 16.8 Å². The van der Waals surface area contributed by atoms with Gasteiger partial charge in [-0.15, -0.1) is 0 Å². The third-order valence-corrected chi connectivity index (χ3v) is 4.63. The maximum Gasteiger partial charge on any atom is 0.416 e. The van der Waals surface area contributed by atoms with Gasteiger partial charge in [-0.1, -0.05) is 12.1 Å². The molecule has 0 radical (unpaired) electrons. The smallest absolute Gasteiger partial charge is 0.312 e. The molecule has 1 aromatic heterocycles. The Bertz CT molecular complexity index is 886. The zero-order chi connectivity index (χ0) is 20.5. The Labute approximate surface area is 156 Å². The fourth-order valence-electron chi connectivity index (χ4n) is 3.23. The quantitative estimate of drug-likeness (QED) is 0.743. The standard InChI is InChI=1S/C18H17F6N3O/c19-17(20,21)7-1-2-11-8-25-9-13-14(11)26-15(27-16(13)28)10-3-5-12(6-4-10)18(22,23)24/h3-6,11,25H,1-2,7-9H2,(H,26,27,28). The number of hydrogen-bond acceptors (Lipinski definition) is 3. The first kappa shape index (κ1) is 20.4. The van der Waals surface area contributed by atoms with Crippen LogP contribution in [0.25, 0.3) is 11.4 Å². The molecule has 10 heteroatoms. The van der Waals surface area contributed by atoms with E-state index in [1.807, 2.05) is 0 Å². The minimum atomic E-state index is -4.48. The lowest BCUT2D eigenvalue weighted by atomic mass is 9.91. The molecule has 0 bridgehead atoms. The van der Waals surface area contributed by atoms with Crippen LogP contribution in [0.15, 0.2) is 29.1 Å². The number of aromatic nitrogens is 2. The van der Waals surface area contributed by atoms with E-state index in [-0.39, 0.29) is 31.1 Å². The average molecular weight is 405 g/mol. The van der Waals surface area contributed by atoms with Crippen LogP contribution in [0.4, 0.5) is 26.3 Å². The third kappa shape index (κ3) is 4.73. The van der Waals surface area contributed by atoms with Crippen molar-refractivity contribution in [1.29, 1.82) is 0 Å². The van der Waals surface area contributed by atoms with Gasteiger partial charge in [-0.25, -0.2) is 4.98 Å². The van der Waals surface area contributed by atoms with Gasteiger partial charge in [-0.05, 0) is 25.0 Å². The van der Waals surface area contributed by atoms with Crippen molar-refractivity contribution in [2.45, 2.75) is 44.1 Å². The number of nitrogens with one attached hydrogen (secondary N) is 2. The van der Waals surface area contributed by atoms with Gasteiger partial charge in [-0.3, -0.25) is 4.79 Å². The second kappa shape index (κ2) is 7.57. The van der Waals surface area contributed by atoms with Crippen molar-refractivity contribution in [2.24, 2.45) is 0 Å². The van der Waals surface area contributed by atoms with Gasteiger partial charge in [0.25, 0.3) is 5.56 Å². The Kier molecular flexibility index (Phi) is 5.51. The zero-order valence-electron chi connectivity index (χ0n) is 14.5. The highest BCUT2D eigenvalue weighted by atomic mass is 19.4. The number of nitrogens with zero attached hydrogens (tertiary/aromatic N) is 1. The molecule has 4 nitrogen and oxygen atoms in total. The Morgan fingerprint density at radius 3 is 2.36 bits per heavy atom. The summed E-state index contributed by atoms with van der Waals surface area (Å²) >= 11 is 0. The van der Waals surface area contributed by atoms with E-state index in [2.05, 4.69) is 15.3 Å². The van der Waals surface area contributed by atoms with Crippen molar-refractivity contribution in [3.63, 3.8) is 0 Å². The summed E-state index contributed by atoms with van der Waals surface area (Å²) in [7, 11) is 0. The van der Waals surface area contributed by atoms with E-state index in [1.54, 1.807) is 0 Å². The molecule has 2 heterocycles. The Balaban J connectivity index is 1.88. The van der Waals surface area contributed by atoms with Gasteiger partial charge in [0.1, 0.15) is 5.82 Å². The third-order valence-electron chi connectivity index (χ3n) is 4.63. The summed E-state index contributed by atoms with van der Waals surface area (Å²) in [5.41, 5.74) is -0.238. The van der Waals surface area contributed by atoms with Gasteiger partial charge in [0.15, 0.2) is 0 Å². The van der Waals surface area contributed by atoms with Crippen LogP contribution in [-0.2, 0) is 12.7 Å². The number of H-pyrrole nitrogens is 1. The lowest BCUT2D eigenvalue weighted by molar-refractivity contribution is -0.137. The largest absolute Gasteiger partial charge is 0.416 e. The summed E-state index contributed by atoms with van der Waals surface area (Å²) in [5, 5.41) is 3.00. The number of rotatable bonds is 4. The lowest BCUT2D eigenvalue weighted by Gasteiger charge is -2.25. The van der Waals surface area contributed by atoms with Crippen LogP contribution in [-0.4, -0.2) is 22.7 Å². The highest BCUT2D eigenvalue weighted by molar-refractivity contribution is 5.56. The predicted octanol–water partition coefficient (Wildman–Crippen LogP) is 4.38. The molecule has 0 saturated heterocycles. The molecule has 1 aliphatic heterocycles. The van der Waals surface area contributed by atoms with E-state index in [9.17, 15) is 31.1 Å². The fraction of sp³-hybridized carbons (Fsp3) is 0.444. The van der Waals surface area contributed by atoms with E-state index in [0.29, 0.717) is 23.4 Å². The molecule has 1 aliphatic rings. The molecule has 152 valence electrons. The van der Waals surface area contributed by atoms with Crippen LogP contribution in [0.3, 0.4) is 0 Å². The zero-order valence-corrected chi connectivity index (χ0v) is 14.5. The van der Waals surface area contributed by atoms with Crippen LogP contribution >= 0.6 is 0 Å². The van der Waals surface area contributed by atoms with Gasteiger partial charge in [-0.2, -0.15) is 26.3 Å². The van der Waals surface area contributed by atoms with Gasteiger partial charge in [0, 0.05) is 31.0 Å². The highest BCUT2D eigenvalue weighted by Gasteiger charge is 2.31. The number of benzene rings is 1. The number of alkyl halides is 6. The van der Waals surface area contributed by atoms with Crippen molar-refractivity contribution < 1.29 is 26.3 Å². The molecule has 1 aromatic carbocycles. The normalized spacial score (nSPS) is 17.4.